The van der Waals surface area contributed by atoms with Crippen LogP contribution in [0.1, 0.15) is 18.1 Å². The second-order valence-electron chi connectivity index (χ2n) is 3.87. The van der Waals surface area contributed by atoms with Crippen LogP contribution in [0.5, 0.6) is 0 Å². The monoisotopic (exact) mass is 210 g/mol. The smallest absolute Gasteiger partial charge is 0.131 e. The molecule has 1 aromatic rings. The van der Waals surface area contributed by atoms with Crippen LogP contribution < -0.4 is 4.90 Å². The molecular weight excluding hydrogens is 192 g/mol. The van der Waals surface area contributed by atoms with Crippen LogP contribution in [0, 0.1) is 6.92 Å². The number of aliphatic hydroxyl groups is 2. The Hall–Kier alpha value is -1.13. The van der Waals surface area contributed by atoms with Crippen LogP contribution in [-0.4, -0.2) is 34.9 Å². The van der Waals surface area contributed by atoms with Crippen LogP contribution in [-0.2, 0) is 6.61 Å². The minimum absolute atomic E-state index is 0.00817. The number of aryl methyl sites for hydroxylation is 1. The quantitative estimate of drug-likeness (QED) is 0.768. The second kappa shape index (κ2) is 5.09. The summed E-state index contributed by atoms with van der Waals surface area (Å²) in [6, 6.07) is 1.90. The van der Waals surface area contributed by atoms with Gasteiger partial charge < -0.3 is 15.1 Å². The van der Waals surface area contributed by atoms with Crippen LogP contribution in [0.4, 0.5) is 5.82 Å². The number of rotatable bonds is 4. The van der Waals surface area contributed by atoms with Crippen molar-refractivity contribution in [2.45, 2.75) is 26.6 Å². The van der Waals surface area contributed by atoms with E-state index in [1.54, 1.807) is 13.1 Å². The molecule has 1 atom stereocenters. The van der Waals surface area contributed by atoms with E-state index in [0.29, 0.717) is 6.54 Å². The molecule has 0 radical (unpaired) electrons. The number of hydrogen-bond donors (Lipinski definition) is 2. The van der Waals surface area contributed by atoms with E-state index in [-0.39, 0.29) is 12.7 Å². The summed E-state index contributed by atoms with van der Waals surface area (Å²) in [4.78, 5) is 6.16. The summed E-state index contributed by atoms with van der Waals surface area (Å²) in [5, 5.41) is 18.2. The Morgan fingerprint density at radius 1 is 1.53 bits per heavy atom. The molecule has 0 saturated heterocycles. The van der Waals surface area contributed by atoms with Crippen LogP contribution >= 0.6 is 0 Å². The number of likely N-dealkylation sites (N-methyl/N-ethyl adjacent to an activating group) is 1. The van der Waals surface area contributed by atoms with Gasteiger partial charge in [-0.15, -0.1) is 0 Å². The molecule has 1 aromatic heterocycles. The van der Waals surface area contributed by atoms with Crippen LogP contribution in [0.25, 0.3) is 0 Å². The van der Waals surface area contributed by atoms with E-state index in [0.717, 1.165) is 16.9 Å². The summed E-state index contributed by atoms with van der Waals surface area (Å²) >= 11 is 0. The van der Waals surface area contributed by atoms with Crippen LogP contribution in [0.15, 0.2) is 12.3 Å². The van der Waals surface area contributed by atoms with Gasteiger partial charge in [-0.1, -0.05) is 0 Å². The maximum absolute atomic E-state index is 9.27. The zero-order chi connectivity index (χ0) is 11.4. The molecule has 0 aliphatic rings. The lowest BCUT2D eigenvalue weighted by Crippen LogP contribution is -2.28. The van der Waals surface area contributed by atoms with Crippen LogP contribution in [0.3, 0.4) is 0 Å². The van der Waals surface area contributed by atoms with Gasteiger partial charge in [-0.05, 0) is 31.0 Å². The highest BCUT2D eigenvalue weighted by Gasteiger charge is 2.08. The number of nitrogens with zero attached hydrogens (tertiary/aromatic N) is 2. The minimum atomic E-state index is -0.381. The third-order valence-corrected chi connectivity index (χ3v) is 2.19. The molecule has 0 fully saturated rings. The molecule has 0 bridgehead atoms. The number of anilines is 1. The molecule has 4 nitrogen and oxygen atoms in total. The van der Waals surface area contributed by atoms with E-state index in [1.165, 1.54) is 0 Å². The summed E-state index contributed by atoms with van der Waals surface area (Å²) in [7, 11) is 1.89. The average molecular weight is 210 g/mol. The number of aliphatic hydroxyl groups excluding tert-OH is 2. The molecule has 1 heterocycles. The topological polar surface area (TPSA) is 56.6 Å². The van der Waals surface area contributed by atoms with E-state index in [2.05, 4.69) is 4.98 Å². The van der Waals surface area contributed by atoms with E-state index in [1.807, 2.05) is 24.9 Å². The Labute approximate surface area is 90.2 Å². The van der Waals surface area contributed by atoms with E-state index in [4.69, 9.17) is 5.11 Å². The molecule has 15 heavy (non-hydrogen) atoms. The predicted molar refractivity (Wildman–Crippen MR) is 59.8 cm³/mol. The molecule has 0 aromatic carbocycles. The fourth-order valence-corrected chi connectivity index (χ4v) is 1.59. The van der Waals surface area contributed by atoms with Gasteiger partial charge in [0.25, 0.3) is 0 Å². The van der Waals surface area contributed by atoms with Crippen molar-refractivity contribution < 1.29 is 10.2 Å². The minimum Gasteiger partial charge on any atom is -0.392 e. The van der Waals surface area contributed by atoms with Gasteiger partial charge in [0.1, 0.15) is 5.82 Å². The van der Waals surface area contributed by atoms with Gasteiger partial charge in [0.2, 0.25) is 0 Å². The van der Waals surface area contributed by atoms with Crippen molar-refractivity contribution in [3.63, 3.8) is 0 Å². The van der Waals surface area contributed by atoms with Gasteiger partial charge in [-0.25, -0.2) is 4.98 Å². The first-order valence-electron chi connectivity index (χ1n) is 5.00. The van der Waals surface area contributed by atoms with Gasteiger partial charge in [0.15, 0.2) is 0 Å². The molecular formula is C11H18N2O2. The molecule has 1 unspecified atom stereocenters. The summed E-state index contributed by atoms with van der Waals surface area (Å²) in [5.74, 6) is 0.841. The standard InChI is InChI=1S/C11H18N2O2/c1-8-4-10(7-14)5-12-11(8)13(3)6-9(2)15/h4-5,9,14-15H,6-7H2,1-3H3. The third kappa shape index (κ3) is 3.18. The van der Waals surface area contributed by atoms with E-state index in [9.17, 15) is 5.11 Å². The molecule has 1 rings (SSSR count). The van der Waals surface area contributed by atoms with Gasteiger partial charge in [0.05, 0.1) is 12.7 Å². The Morgan fingerprint density at radius 2 is 2.20 bits per heavy atom. The predicted octanol–water partition coefficient (Wildman–Crippen LogP) is 0.699. The van der Waals surface area contributed by atoms with Crippen LogP contribution in [0.2, 0.25) is 0 Å². The van der Waals surface area contributed by atoms with Crippen molar-refractivity contribution in [2.75, 3.05) is 18.5 Å². The van der Waals surface area contributed by atoms with E-state index < -0.39 is 0 Å². The van der Waals surface area contributed by atoms with Gasteiger partial charge in [-0.2, -0.15) is 0 Å². The molecule has 0 saturated carbocycles. The molecule has 0 aliphatic heterocycles. The molecule has 0 amide bonds. The Morgan fingerprint density at radius 3 is 2.67 bits per heavy atom. The first-order valence-corrected chi connectivity index (χ1v) is 5.00. The highest BCUT2D eigenvalue weighted by atomic mass is 16.3. The number of aromatic nitrogens is 1. The van der Waals surface area contributed by atoms with Crippen molar-refractivity contribution >= 4 is 5.82 Å². The fourth-order valence-electron chi connectivity index (χ4n) is 1.59. The molecule has 0 spiro atoms. The molecule has 84 valence electrons. The van der Waals surface area contributed by atoms with Gasteiger partial charge >= 0.3 is 0 Å². The lowest BCUT2D eigenvalue weighted by atomic mass is 10.2. The van der Waals surface area contributed by atoms with Crippen molar-refractivity contribution in [1.82, 2.24) is 4.98 Å². The first kappa shape index (κ1) is 11.9. The molecule has 2 N–H and O–H groups in total. The first-order chi connectivity index (χ1) is 7.04. The molecule has 0 aliphatic carbocycles. The number of hydrogen-bond acceptors (Lipinski definition) is 4. The highest BCUT2D eigenvalue weighted by Crippen LogP contribution is 2.16. The SMILES string of the molecule is Cc1cc(CO)cnc1N(C)CC(C)O. The Balaban J connectivity index is 2.85. The highest BCUT2D eigenvalue weighted by molar-refractivity contribution is 5.46. The van der Waals surface area contributed by atoms with Gasteiger partial charge in [0, 0.05) is 19.8 Å². The Kier molecular flexibility index (Phi) is 4.05. The van der Waals surface area contributed by atoms with Crippen molar-refractivity contribution in [1.29, 1.82) is 0 Å². The van der Waals surface area contributed by atoms with Crippen molar-refractivity contribution in [3.05, 3.63) is 23.4 Å². The summed E-state index contributed by atoms with van der Waals surface area (Å²) in [6.45, 7) is 4.24. The average Bonchev–Trinajstić information content (AvgIpc) is 2.16. The van der Waals surface area contributed by atoms with Gasteiger partial charge in [-0.3, -0.25) is 0 Å². The third-order valence-electron chi connectivity index (χ3n) is 2.19. The number of pyridine rings is 1. The maximum atomic E-state index is 9.27. The van der Waals surface area contributed by atoms with Crippen molar-refractivity contribution in [2.24, 2.45) is 0 Å². The lowest BCUT2D eigenvalue weighted by molar-refractivity contribution is 0.201. The normalized spacial score (nSPS) is 12.6. The fraction of sp³-hybridized carbons (Fsp3) is 0.545. The largest absolute Gasteiger partial charge is 0.392 e. The second-order valence-corrected chi connectivity index (χ2v) is 3.87. The lowest BCUT2D eigenvalue weighted by Gasteiger charge is -2.21. The summed E-state index contributed by atoms with van der Waals surface area (Å²) in [5.41, 5.74) is 1.81. The zero-order valence-corrected chi connectivity index (χ0v) is 9.44. The van der Waals surface area contributed by atoms with Crippen molar-refractivity contribution in [3.8, 4) is 0 Å². The Bertz CT molecular complexity index is 326. The maximum Gasteiger partial charge on any atom is 0.131 e. The van der Waals surface area contributed by atoms with E-state index >= 15 is 0 Å². The summed E-state index contributed by atoms with van der Waals surface area (Å²) < 4.78 is 0. The summed E-state index contributed by atoms with van der Waals surface area (Å²) in [6.07, 6.45) is 1.27. The molecule has 4 heteroatoms. The zero-order valence-electron chi connectivity index (χ0n) is 9.44.